The summed E-state index contributed by atoms with van der Waals surface area (Å²) in [5, 5.41) is 4.46. The third kappa shape index (κ3) is 4.41. The van der Waals surface area contributed by atoms with E-state index in [-0.39, 0.29) is 11.7 Å². The van der Waals surface area contributed by atoms with E-state index in [2.05, 4.69) is 23.1 Å². The molecule has 7 heteroatoms. The van der Waals surface area contributed by atoms with Crippen molar-refractivity contribution in [1.82, 2.24) is 14.6 Å². The van der Waals surface area contributed by atoms with E-state index in [0.29, 0.717) is 15.3 Å². The van der Waals surface area contributed by atoms with Crippen LogP contribution >= 0.6 is 11.3 Å². The molecule has 2 aromatic carbocycles. The minimum atomic E-state index is -0.170. The van der Waals surface area contributed by atoms with Crippen LogP contribution < -0.4 is 19.6 Å². The first kappa shape index (κ1) is 21.4. The molecule has 168 valence electrons. The van der Waals surface area contributed by atoms with E-state index >= 15 is 0 Å². The second-order valence-corrected chi connectivity index (χ2v) is 9.08. The Morgan fingerprint density at radius 1 is 1.15 bits per heavy atom. The molecule has 3 heterocycles. The van der Waals surface area contributed by atoms with E-state index in [9.17, 15) is 4.79 Å². The van der Waals surface area contributed by atoms with Gasteiger partial charge in [-0.2, -0.15) is 9.50 Å². The highest BCUT2D eigenvalue weighted by atomic mass is 32.1. The van der Waals surface area contributed by atoms with Crippen LogP contribution in [0, 0.1) is 0 Å². The molecule has 0 bridgehead atoms. The van der Waals surface area contributed by atoms with Crippen molar-refractivity contribution in [3.63, 3.8) is 0 Å². The van der Waals surface area contributed by atoms with Crippen LogP contribution in [0.3, 0.4) is 0 Å². The van der Waals surface area contributed by atoms with E-state index in [1.54, 1.807) is 0 Å². The Morgan fingerprint density at radius 3 is 2.76 bits per heavy atom. The quantitative estimate of drug-likeness (QED) is 0.373. The molecular formula is C26H25N3O3S. The van der Waals surface area contributed by atoms with Gasteiger partial charge >= 0.3 is 0 Å². The van der Waals surface area contributed by atoms with Crippen LogP contribution in [0.5, 0.6) is 11.5 Å². The molecule has 0 radical (unpaired) electrons. The minimum Gasteiger partial charge on any atom is -0.494 e. The molecule has 1 atom stereocenters. The van der Waals surface area contributed by atoms with Crippen molar-refractivity contribution in [3.05, 3.63) is 74.6 Å². The standard InChI is InChI=1S/C26H25N3O3S/c1-3-4-7-14-31-21-12-10-18(11-13-21)24-27-26-29(28-24)25(30)23(33-26)16-20-15-19-8-5-6-9-22(19)32-17(20)2/h5-6,8-13,15-17H,3-4,7,14H2,1-2H3/b23-16+. The maximum atomic E-state index is 13.0. The molecule has 0 N–H and O–H groups in total. The van der Waals surface area contributed by atoms with Crippen LogP contribution in [-0.2, 0) is 0 Å². The summed E-state index contributed by atoms with van der Waals surface area (Å²) >= 11 is 1.34. The average Bonchev–Trinajstić information content (AvgIpc) is 3.37. The van der Waals surface area contributed by atoms with Crippen molar-refractivity contribution in [2.45, 2.75) is 39.2 Å². The first-order valence-corrected chi connectivity index (χ1v) is 12.1. The van der Waals surface area contributed by atoms with Crippen molar-refractivity contribution in [3.8, 4) is 22.9 Å². The summed E-state index contributed by atoms with van der Waals surface area (Å²) in [6.07, 6.45) is 7.20. The summed E-state index contributed by atoms with van der Waals surface area (Å²) in [5.41, 5.74) is 2.64. The second-order valence-electron chi connectivity index (χ2n) is 8.07. The van der Waals surface area contributed by atoms with Gasteiger partial charge in [-0.3, -0.25) is 4.79 Å². The lowest BCUT2D eigenvalue weighted by molar-refractivity contribution is 0.259. The number of thiazole rings is 1. The van der Waals surface area contributed by atoms with Gasteiger partial charge in [0.2, 0.25) is 4.96 Å². The molecule has 1 aliphatic rings. The zero-order chi connectivity index (χ0) is 22.8. The smallest absolute Gasteiger partial charge is 0.291 e. The summed E-state index contributed by atoms with van der Waals surface area (Å²) in [7, 11) is 0. The largest absolute Gasteiger partial charge is 0.494 e. The van der Waals surface area contributed by atoms with Gasteiger partial charge in [0.25, 0.3) is 5.56 Å². The summed E-state index contributed by atoms with van der Waals surface area (Å²) in [4.78, 5) is 18.1. The van der Waals surface area contributed by atoms with Crippen LogP contribution in [0.25, 0.3) is 28.5 Å². The Bertz CT molecular complexity index is 1420. The molecule has 0 aliphatic carbocycles. The maximum absolute atomic E-state index is 13.0. The topological polar surface area (TPSA) is 65.7 Å². The van der Waals surface area contributed by atoms with E-state index in [1.807, 2.05) is 61.5 Å². The van der Waals surface area contributed by atoms with Gasteiger partial charge in [0.1, 0.15) is 17.6 Å². The third-order valence-electron chi connectivity index (χ3n) is 5.62. The number of nitrogens with zero attached hydrogens (tertiary/aromatic N) is 3. The molecule has 5 rings (SSSR count). The fourth-order valence-electron chi connectivity index (χ4n) is 3.77. The number of hydrogen-bond donors (Lipinski definition) is 0. The highest BCUT2D eigenvalue weighted by Gasteiger charge is 2.18. The van der Waals surface area contributed by atoms with Crippen molar-refractivity contribution in [2.75, 3.05) is 6.61 Å². The SMILES string of the molecule is CCCCCOc1ccc(-c2nc3s/c(=C/C4=Cc5ccccc5OC4C)c(=O)n3n2)cc1. The number of unbranched alkanes of at least 4 members (excludes halogenated alkanes) is 2. The number of aromatic nitrogens is 3. The van der Waals surface area contributed by atoms with Gasteiger partial charge in [-0.25, -0.2) is 0 Å². The fraction of sp³-hybridized carbons (Fsp3) is 0.269. The first-order chi connectivity index (χ1) is 16.1. The molecule has 33 heavy (non-hydrogen) atoms. The van der Waals surface area contributed by atoms with Gasteiger partial charge in [0.15, 0.2) is 5.82 Å². The molecule has 0 spiro atoms. The molecule has 0 amide bonds. The van der Waals surface area contributed by atoms with Crippen molar-refractivity contribution < 1.29 is 9.47 Å². The highest BCUT2D eigenvalue weighted by Crippen LogP contribution is 2.29. The predicted octanol–water partition coefficient (Wildman–Crippen LogP) is 4.75. The van der Waals surface area contributed by atoms with Crippen molar-refractivity contribution in [1.29, 1.82) is 0 Å². The Hall–Kier alpha value is -3.45. The second kappa shape index (κ2) is 9.19. The van der Waals surface area contributed by atoms with E-state index in [0.717, 1.165) is 41.2 Å². The third-order valence-corrected chi connectivity index (χ3v) is 6.58. The number of ether oxygens (including phenoxy) is 2. The van der Waals surface area contributed by atoms with Crippen molar-refractivity contribution >= 4 is 28.4 Å². The summed E-state index contributed by atoms with van der Waals surface area (Å²) < 4.78 is 13.7. The Balaban J connectivity index is 1.39. The molecule has 2 aromatic heterocycles. The predicted molar refractivity (Wildman–Crippen MR) is 132 cm³/mol. The molecule has 0 saturated carbocycles. The number of benzene rings is 2. The van der Waals surface area contributed by atoms with Gasteiger partial charge in [-0.05, 0) is 61.4 Å². The van der Waals surface area contributed by atoms with E-state index in [4.69, 9.17) is 9.47 Å². The highest BCUT2D eigenvalue weighted by molar-refractivity contribution is 7.15. The van der Waals surface area contributed by atoms with Crippen LogP contribution in [0.1, 0.15) is 38.7 Å². The minimum absolute atomic E-state index is 0.139. The molecule has 0 saturated heterocycles. The zero-order valence-electron chi connectivity index (χ0n) is 18.7. The summed E-state index contributed by atoms with van der Waals surface area (Å²) in [6, 6.07) is 15.6. The summed E-state index contributed by atoms with van der Waals surface area (Å²) in [6.45, 7) is 4.87. The molecule has 1 aliphatic heterocycles. The first-order valence-electron chi connectivity index (χ1n) is 11.2. The number of fused-ring (bicyclic) bond motifs is 2. The number of hydrogen-bond acceptors (Lipinski definition) is 6. The lowest BCUT2D eigenvalue weighted by Gasteiger charge is -2.22. The fourth-order valence-corrected chi connectivity index (χ4v) is 4.68. The summed E-state index contributed by atoms with van der Waals surface area (Å²) in [5.74, 6) is 2.22. The van der Waals surface area contributed by atoms with Gasteiger partial charge in [-0.15, -0.1) is 5.10 Å². The molecule has 0 fully saturated rings. The lowest BCUT2D eigenvalue weighted by atomic mass is 10.0. The van der Waals surface area contributed by atoms with Crippen LogP contribution in [0.4, 0.5) is 0 Å². The van der Waals surface area contributed by atoms with E-state index < -0.39 is 0 Å². The van der Waals surface area contributed by atoms with E-state index in [1.165, 1.54) is 28.7 Å². The monoisotopic (exact) mass is 459 g/mol. The molecular weight excluding hydrogens is 434 g/mol. The van der Waals surface area contributed by atoms with Gasteiger partial charge in [0.05, 0.1) is 11.1 Å². The Labute approximate surface area is 195 Å². The van der Waals surface area contributed by atoms with Gasteiger partial charge < -0.3 is 9.47 Å². The average molecular weight is 460 g/mol. The Morgan fingerprint density at radius 2 is 1.97 bits per heavy atom. The normalized spacial score (nSPS) is 15.9. The molecule has 1 unspecified atom stereocenters. The van der Waals surface area contributed by atoms with Gasteiger partial charge in [-0.1, -0.05) is 49.3 Å². The van der Waals surface area contributed by atoms with Crippen LogP contribution in [0.15, 0.2) is 58.9 Å². The number of para-hydroxylation sites is 1. The van der Waals surface area contributed by atoms with Crippen LogP contribution in [0.2, 0.25) is 0 Å². The molecule has 4 aromatic rings. The number of rotatable bonds is 7. The maximum Gasteiger partial charge on any atom is 0.291 e. The molecule has 6 nitrogen and oxygen atoms in total. The van der Waals surface area contributed by atoms with Crippen LogP contribution in [-0.4, -0.2) is 27.3 Å². The lowest BCUT2D eigenvalue weighted by Crippen LogP contribution is -2.26. The Kier molecular flexibility index (Phi) is 5.96. The zero-order valence-corrected chi connectivity index (χ0v) is 19.5. The van der Waals surface area contributed by atoms with Crippen molar-refractivity contribution in [2.24, 2.45) is 0 Å². The van der Waals surface area contributed by atoms with Gasteiger partial charge in [0, 0.05) is 11.1 Å².